The lowest BCUT2D eigenvalue weighted by molar-refractivity contribution is 0.201. The monoisotopic (exact) mass is 837 g/mol. The molecule has 4 aromatic carbocycles. The van der Waals surface area contributed by atoms with Crippen LogP contribution in [-0.4, -0.2) is 76.3 Å². The maximum absolute atomic E-state index is 16.3. The average molecular weight is 838 g/mol. The van der Waals surface area contributed by atoms with E-state index >= 15 is 4.39 Å². The first-order valence-electron chi connectivity index (χ1n) is 21.9. The summed E-state index contributed by atoms with van der Waals surface area (Å²) in [7, 11) is 0. The van der Waals surface area contributed by atoms with Crippen molar-refractivity contribution < 1.29 is 13.9 Å². The number of phenols is 1. The number of aromatic nitrogens is 3. The van der Waals surface area contributed by atoms with E-state index in [2.05, 4.69) is 80.6 Å². The lowest BCUT2D eigenvalue weighted by Gasteiger charge is -2.40. The number of phenolic OH excluding ortho intramolecular Hbond substituents is 1. The zero-order valence-electron chi connectivity index (χ0n) is 35.4. The van der Waals surface area contributed by atoms with Crippen LogP contribution in [0.3, 0.4) is 0 Å². The second kappa shape index (κ2) is 16.1. The molecule has 314 valence electrons. The molecule has 0 radical (unpaired) electrons. The first kappa shape index (κ1) is 39.7. The molecule has 0 saturated carbocycles. The summed E-state index contributed by atoms with van der Waals surface area (Å²) in [5, 5.41) is 20.3. The van der Waals surface area contributed by atoms with Crippen LogP contribution in [0.2, 0.25) is 0 Å². The standard InChI is InChI=1S/C50H53F2N7OS/c1-30-32(3)61-50-46(30)48(53-31(2)49-55-54-33(4)59(49)50)35-8-11-39(12-9-35)57-20-18-34(19-21-57)29-56-22-24-58(25-23-56)40-13-16-44(45(52)28-40)47-42(36-6-5-7-38(51)26-36)15-10-37-27-41(60)14-17-43(37)47/h5-9,11-14,16-17,26-28,31,34,42,47,60H,10,15,18-25,29H2,1-4H3/t31-,42+,47-/m0/s1. The number of hydrogen-bond donors (Lipinski definition) is 1. The summed E-state index contributed by atoms with van der Waals surface area (Å²) in [6.07, 6.45) is 3.82. The topological polar surface area (TPSA) is 73.0 Å². The molecule has 0 amide bonds. The van der Waals surface area contributed by atoms with Crippen molar-refractivity contribution >= 4 is 28.4 Å². The number of nitrogens with zero attached hydrogens (tertiary/aromatic N) is 7. The SMILES string of the molecule is Cc1sc2c(c1C)C(c1ccc(N3CCC(CN4CCN(c5ccc([C@@H]6c7ccc(O)cc7CC[C@@H]6c6cccc(F)c6)c(F)c5)CC4)CC3)cc1)=N[C@@H](C)c1nnc(C)n1-2. The predicted molar refractivity (Wildman–Crippen MR) is 241 cm³/mol. The van der Waals surface area contributed by atoms with Crippen molar-refractivity contribution in [3.63, 3.8) is 0 Å². The van der Waals surface area contributed by atoms with E-state index in [4.69, 9.17) is 4.99 Å². The molecule has 0 unspecified atom stereocenters. The number of aliphatic imine (C=N–C) groups is 1. The molecule has 1 aliphatic carbocycles. The van der Waals surface area contributed by atoms with Crippen molar-refractivity contribution in [3.8, 4) is 10.8 Å². The molecule has 2 aromatic heterocycles. The molecule has 3 atom stereocenters. The first-order chi connectivity index (χ1) is 29.6. The van der Waals surface area contributed by atoms with Gasteiger partial charge in [-0.05, 0) is 142 Å². The van der Waals surface area contributed by atoms with Gasteiger partial charge in [0.2, 0.25) is 0 Å². The van der Waals surface area contributed by atoms with E-state index in [-0.39, 0.29) is 35.3 Å². The zero-order chi connectivity index (χ0) is 41.9. The van der Waals surface area contributed by atoms with Crippen LogP contribution in [-0.2, 0) is 6.42 Å². The van der Waals surface area contributed by atoms with Crippen LogP contribution in [0, 0.1) is 38.3 Å². The molecule has 10 rings (SSSR count). The highest BCUT2D eigenvalue weighted by atomic mass is 32.1. The fourth-order valence-electron chi connectivity index (χ4n) is 10.5. The molecule has 6 aromatic rings. The second-order valence-electron chi connectivity index (χ2n) is 17.6. The van der Waals surface area contributed by atoms with Gasteiger partial charge in [-0.15, -0.1) is 21.5 Å². The molecule has 11 heteroatoms. The van der Waals surface area contributed by atoms with Gasteiger partial charge in [-0.1, -0.05) is 36.4 Å². The average Bonchev–Trinajstić information content (AvgIpc) is 3.76. The first-order valence-corrected chi connectivity index (χ1v) is 22.7. The fourth-order valence-corrected chi connectivity index (χ4v) is 11.7. The minimum atomic E-state index is -0.280. The van der Waals surface area contributed by atoms with Crippen LogP contribution in [0.25, 0.3) is 5.00 Å². The third-order valence-electron chi connectivity index (χ3n) is 13.9. The summed E-state index contributed by atoms with van der Waals surface area (Å²) in [5.74, 6) is 1.80. The molecular weight excluding hydrogens is 785 g/mol. The number of benzene rings is 4. The number of piperazine rings is 1. The Balaban J connectivity index is 0.760. The van der Waals surface area contributed by atoms with Crippen LogP contribution in [0.1, 0.15) is 99.5 Å². The molecule has 4 aliphatic rings. The molecule has 8 nitrogen and oxygen atoms in total. The van der Waals surface area contributed by atoms with Gasteiger partial charge in [0.15, 0.2) is 5.82 Å². The molecule has 3 aliphatic heterocycles. The Morgan fingerprint density at radius 1 is 0.770 bits per heavy atom. The van der Waals surface area contributed by atoms with Gasteiger partial charge < -0.3 is 14.9 Å². The van der Waals surface area contributed by atoms with Gasteiger partial charge in [0.05, 0.1) is 5.71 Å². The van der Waals surface area contributed by atoms with Crippen LogP contribution in [0.15, 0.2) is 89.9 Å². The van der Waals surface area contributed by atoms with Crippen LogP contribution < -0.4 is 9.80 Å². The minimum Gasteiger partial charge on any atom is -0.508 e. The Morgan fingerprint density at radius 3 is 2.26 bits per heavy atom. The van der Waals surface area contributed by atoms with E-state index in [1.807, 2.05) is 25.1 Å². The molecule has 2 fully saturated rings. The number of rotatable bonds is 7. The maximum atomic E-state index is 16.3. The summed E-state index contributed by atoms with van der Waals surface area (Å²) >= 11 is 1.79. The highest BCUT2D eigenvalue weighted by Crippen LogP contribution is 2.48. The van der Waals surface area contributed by atoms with Crippen molar-refractivity contribution in [1.29, 1.82) is 0 Å². The van der Waals surface area contributed by atoms with Crippen LogP contribution in [0.4, 0.5) is 20.2 Å². The number of halogens is 2. The second-order valence-corrected chi connectivity index (χ2v) is 18.8. The maximum Gasteiger partial charge on any atom is 0.162 e. The van der Waals surface area contributed by atoms with E-state index in [9.17, 15) is 9.50 Å². The van der Waals surface area contributed by atoms with Gasteiger partial charge in [-0.3, -0.25) is 14.5 Å². The lowest BCUT2D eigenvalue weighted by atomic mass is 9.69. The van der Waals surface area contributed by atoms with Gasteiger partial charge in [0.1, 0.15) is 34.3 Å². The van der Waals surface area contributed by atoms with Crippen molar-refractivity contribution in [3.05, 3.63) is 152 Å². The molecule has 1 N–H and O–H groups in total. The Bertz CT molecular complexity index is 2620. The van der Waals surface area contributed by atoms with Crippen molar-refractivity contribution in [2.45, 2.75) is 71.3 Å². The van der Waals surface area contributed by atoms with Crippen molar-refractivity contribution in [1.82, 2.24) is 19.7 Å². The molecule has 0 spiro atoms. The van der Waals surface area contributed by atoms with Gasteiger partial charge in [-0.25, -0.2) is 8.78 Å². The van der Waals surface area contributed by atoms with E-state index in [1.165, 1.54) is 27.8 Å². The van der Waals surface area contributed by atoms with Gasteiger partial charge in [0.25, 0.3) is 0 Å². The van der Waals surface area contributed by atoms with E-state index in [0.29, 0.717) is 11.5 Å². The molecular formula is C50H53F2N7OS. The Kier molecular flexibility index (Phi) is 10.5. The third-order valence-corrected chi connectivity index (χ3v) is 15.1. The summed E-state index contributed by atoms with van der Waals surface area (Å²) in [4.78, 5) is 14.0. The number of thiophene rings is 1. The quantitative estimate of drug-likeness (QED) is 0.173. The minimum absolute atomic E-state index is 0.0700. The zero-order valence-corrected chi connectivity index (χ0v) is 36.2. The van der Waals surface area contributed by atoms with E-state index in [1.54, 1.807) is 41.7 Å². The summed E-state index contributed by atoms with van der Waals surface area (Å²) in [5.41, 5.74) is 10.3. The number of anilines is 2. The van der Waals surface area contributed by atoms with Gasteiger partial charge in [-0.2, -0.15) is 0 Å². The van der Waals surface area contributed by atoms with E-state index < -0.39 is 0 Å². The van der Waals surface area contributed by atoms with Crippen LogP contribution in [0.5, 0.6) is 5.75 Å². The third kappa shape index (κ3) is 7.43. The fraction of sp³-hybridized carbons (Fsp3) is 0.380. The molecule has 0 bridgehead atoms. The lowest BCUT2D eigenvalue weighted by Crippen LogP contribution is -2.49. The van der Waals surface area contributed by atoms with E-state index in [0.717, 1.165) is 122 Å². The Labute approximate surface area is 361 Å². The van der Waals surface area contributed by atoms with Crippen LogP contribution >= 0.6 is 11.3 Å². The predicted octanol–water partition coefficient (Wildman–Crippen LogP) is 10.1. The number of aromatic hydroxyl groups is 1. The van der Waals surface area contributed by atoms with Gasteiger partial charge >= 0.3 is 0 Å². The molecule has 2 saturated heterocycles. The molecule has 5 heterocycles. The molecule has 61 heavy (non-hydrogen) atoms. The summed E-state index contributed by atoms with van der Waals surface area (Å²) in [6.45, 7) is 15.3. The Morgan fingerprint density at radius 2 is 1.51 bits per heavy atom. The number of hydrogen-bond acceptors (Lipinski definition) is 8. The van der Waals surface area contributed by atoms with Gasteiger partial charge in [0, 0.05) is 79.1 Å². The summed E-state index contributed by atoms with van der Waals surface area (Å²) < 4.78 is 32.9. The normalized spacial score (nSPS) is 20.8. The largest absolute Gasteiger partial charge is 0.508 e. The summed E-state index contributed by atoms with van der Waals surface area (Å²) in [6, 6.07) is 26.8. The highest BCUT2D eigenvalue weighted by Gasteiger charge is 2.35. The smallest absolute Gasteiger partial charge is 0.162 e. The number of piperidine rings is 1. The van der Waals surface area contributed by atoms with Crippen molar-refractivity contribution in [2.24, 2.45) is 10.9 Å². The van der Waals surface area contributed by atoms with Crippen molar-refractivity contribution in [2.75, 3.05) is 55.6 Å². The number of aryl methyl sites for hydroxylation is 3. The highest BCUT2D eigenvalue weighted by molar-refractivity contribution is 7.15. The Hall–Kier alpha value is -5.39. The number of fused-ring (bicyclic) bond motifs is 4.